The molecule has 2 aromatic heterocycles. The largest absolute Gasteiger partial charge is 0.313 e. The van der Waals surface area contributed by atoms with Crippen LogP contribution in [0.25, 0.3) is 5.82 Å². The summed E-state index contributed by atoms with van der Waals surface area (Å²) < 4.78 is 2.96. The molecule has 0 saturated heterocycles. The molecule has 2 rings (SSSR count). The molecule has 0 amide bonds. The maximum Gasteiger partial charge on any atom is 0.153 e. The Morgan fingerprint density at radius 1 is 1.32 bits per heavy atom. The summed E-state index contributed by atoms with van der Waals surface area (Å²) in [5.41, 5.74) is 2.37. The summed E-state index contributed by atoms with van der Waals surface area (Å²) in [6.45, 7) is 6.23. The number of aromatic nitrogens is 3. The average molecular weight is 370 g/mol. The van der Waals surface area contributed by atoms with Crippen molar-refractivity contribution in [3.8, 4) is 5.82 Å². The number of aryl methyl sites for hydroxylation is 1. The Kier molecular flexibility index (Phi) is 5.33. The first-order chi connectivity index (χ1) is 9.22. The van der Waals surface area contributed by atoms with Crippen LogP contribution in [0.3, 0.4) is 0 Å². The predicted molar refractivity (Wildman–Crippen MR) is 85.5 cm³/mol. The lowest BCUT2D eigenvalue weighted by atomic mass is 10.2. The molecule has 4 nitrogen and oxygen atoms in total. The van der Waals surface area contributed by atoms with Gasteiger partial charge < -0.3 is 5.32 Å². The second-order valence-electron chi connectivity index (χ2n) is 4.46. The van der Waals surface area contributed by atoms with Crippen LogP contribution in [0.5, 0.6) is 0 Å². The second kappa shape index (κ2) is 7.00. The van der Waals surface area contributed by atoms with E-state index >= 15 is 0 Å². The molecule has 0 aromatic carbocycles. The number of rotatable bonds is 6. The summed E-state index contributed by atoms with van der Waals surface area (Å²) in [6.07, 6.45) is 5.92. The molecule has 0 fully saturated rings. The van der Waals surface area contributed by atoms with Crippen molar-refractivity contribution in [2.75, 3.05) is 6.54 Å². The lowest BCUT2D eigenvalue weighted by Crippen LogP contribution is -2.15. The minimum atomic E-state index is 0.884. The Balaban J connectivity index is 2.25. The number of nitrogens with one attached hydrogen (secondary N) is 1. The van der Waals surface area contributed by atoms with Crippen LogP contribution in [0, 0.1) is 3.57 Å². The van der Waals surface area contributed by atoms with E-state index in [-0.39, 0.29) is 0 Å². The topological polar surface area (TPSA) is 42.7 Å². The van der Waals surface area contributed by atoms with Crippen molar-refractivity contribution in [1.82, 2.24) is 20.1 Å². The molecule has 19 heavy (non-hydrogen) atoms. The van der Waals surface area contributed by atoms with E-state index in [1.165, 1.54) is 5.56 Å². The van der Waals surface area contributed by atoms with Crippen LogP contribution in [-0.2, 0) is 13.0 Å². The van der Waals surface area contributed by atoms with E-state index < -0.39 is 0 Å². The zero-order valence-electron chi connectivity index (χ0n) is 11.4. The molecular weight excluding hydrogens is 351 g/mol. The lowest BCUT2D eigenvalue weighted by Gasteiger charge is -2.09. The van der Waals surface area contributed by atoms with E-state index in [1.54, 1.807) is 0 Å². The normalized spacial score (nSPS) is 10.9. The predicted octanol–water partition coefficient (Wildman–Crippen LogP) is 2.93. The van der Waals surface area contributed by atoms with Gasteiger partial charge in [0.2, 0.25) is 0 Å². The first kappa shape index (κ1) is 14.5. The van der Waals surface area contributed by atoms with Gasteiger partial charge in [-0.25, -0.2) is 9.67 Å². The third-order valence-electron chi connectivity index (χ3n) is 2.83. The van der Waals surface area contributed by atoms with Crippen molar-refractivity contribution in [3.63, 3.8) is 0 Å². The van der Waals surface area contributed by atoms with Gasteiger partial charge in [-0.1, -0.05) is 13.8 Å². The fourth-order valence-corrected chi connectivity index (χ4v) is 2.26. The van der Waals surface area contributed by atoms with Crippen LogP contribution in [0.4, 0.5) is 0 Å². The lowest BCUT2D eigenvalue weighted by molar-refractivity contribution is 0.672. The van der Waals surface area contributed by atoms with Crippen LogP contribution in [0.2, 0.25) is 0 Å². The van der Waals surface area contributed by atoms with E-state index in [0.717, 1.165) is 41.0 Å². The average Bonchev–Trinajstić information content (AvgIpc) is 2.85. The summed E-state index contributed by atoms with van der Waals surface area (Å²) in [4.78, 5) is 4.63. The van der Waals surface area contributed by atoms with E-state index in [9.17, 15) is 0 Å². The van der Waals surface area contributed by atoms with Gasteiger partial charge in [0.05, 0.1) is 9.77 Å². The maximum atomic E-state index is 4.63. The maximum absolute atomic E-state index is 4.63. The van der Waals surface area contributed by atoms with E-state index in [0.29, 0.717) is 0 Å². The highest BCUT2D eigenvalue weighted by molar-refractivity contribution is 14.1. The van der Waals surface area contributed by atoms with Gasteiger partial charge in [-0.3, -0.25) is 0 Å². The highest BCUT2D eigenvalue weighted by atomic mass is 127. The summed E-state index contributed by atoms with van der Waals surface area (Å²) in [5, 5.41) is 7.75. The Bertz CT molecular complexity index is 536. The van der Waals surface area contributed by atoms with Gasteiger partial charge in [-0.2, -0.15) is 5.10 Å². The standard InChI is InChI=1S/C14H19IN4/c1-3-5-16-8-11-6-13(4-2)18-14(7-11)19-10-12(15)9-17-19/h6-7,9-10,16H,3-5,8H2,1-2H3. The molecule has 0 saturated carbocycles. The molecule has 1 N–H and O–H groups in total. The highest BCUT2D eigenvalue weighted by Gasteiger charge is 2.05. The van der Waals surface area contributed by atoms with Gasteiger partial charge in [-0.15, -0.1) is 0 Å². The molecule has 0 bridgehead atoms. The first-order valence-corrected chi connectivity index (χ1v) is 7.72. The van der Waals surface area contributed by atoms with Crippen molar-refractivity contribution < 1.29 is 0 Å². The van der Waals surface area contributed by atoms with Crippen LogP contribution < -0.4 is 5.32 Å². The van der Waals surface area contributed by atoms with Crippen molar-refractivity contribution in [2.24, 2.45) is 0 Å². The van der Waals surface area contributed by atoms with Gasteiger partial charge in [0.25, 0.3) is 0 Å². The van der Waals surface area contributed by atoms with Gasteiger partial charge in [0, 0.05) is 18.4 Å². The van der Waals surface area contributed by atoms with E-state index in [1.807, 2.05) is 17.1 Å². The molecular formula is C14H19IN4. The Labute approximate surface area is 127 Å². The van der Waals surface area contributed by atoms with Gasteiger partial charge in [0.1, 0.15) is 0 Å². The molecule has 2 heterocycles. The number of halogens is 1. The molecule has 0 aliphatic carbocycles. The van der Waals surface area contributed by atoms with Crippen molar-refractivity contribution in [2.45, 2.75) is 33.2 Å². The number of pyridine rings is 1. The number of nitrogens with zero attached hydrogens (tertiary/aromatic N) is 3. The molecule has 102 valence electrons. The smallest absolute Gasteiger partial charge is 0.153 e. The van der Waals surface area contributed by atoms with Crippen LogP contribution in [0.15, 0.2) is 24.5 Å². The van der Waals surface area contributed by atoms with Crippen molar-refractivity contribution in [1.29, 1.82) is 0 Å². The minimum Gasteiger partial charge on any atom is -0.313 e. The molecule has 5 heteroatoms. The fraction of sp³-hybridized carbons (Fsp3) is 0.429. The molecule has 0 spiro atoms. The van der Waals surface area contributed by atoms with Crippen LogP contribution >= 0.6 is 22.6 Å². The Hall–Kier alpha value is -0.950. The monoisotopic (exact) mass is 370 g/mol. The van der Waals surface area contributed by atoms with Crippen LogP contribution in [0.1, 0.15) is 31.5 Å². The third kappa shape index (κ3) is 4.01. The number of hydrogen-bond donors (Lipinski definition) is 1. The summed E-state index contributed by atoms with van der Waals surface area (Å²) >= 11 is 2.26. The van der Waals surface area contributed by atoms with Crippen LogP contribution in [-0.4, -0.2) is 21.3 Å². The molecule has 0 atom stereocenters. The minimum absolute atomic E-state index is 0.884. The second-order valence-corrected chi connectivity index (χ2v) is 5.70. The van der Waals surface area contributed by atoms with Gasteiger partial charge in [0.15, 0.2) is 5.82 Å². The van der Waals surface area contributed by atoms with E-state index in [4.69, 9.17) is 0 Å². The van der Waals surface area contributed by atoms with E-state index in [2.05, 4.69) is 64.0 Å². The first-order valence-electron chi connectivity index (χ1n) is 6.64. The molecule has 0 unspecified atom stereocenters. The zero-order valence-corrected chi connectivity index (χ0v) is 13.5. The third-order valence-corrected chi connectivity index (χ3v) is 3.39. The Morgan fingerprint density at radius 3 is 2.79 bits per heavy atom. The molecule has 0 radical (unpaired) electrons. The quantitative estimate of drug-likeness (QED) is 0.628. The zero-order chi connectivity index (χ0) is 13.7. The molecule has 0 aliphatic heterocycles. The highest BCUT2D eigenvalue weighted by Crippen LogP contribution is 2.12. The van der Waals surface area contributed by atoms with Crippen molar-refractivity contribution in [3.05, 3.63) is 39.4 Å². The SMILES string of the molecule is CCCNCc1cc(CC)nc(-n2cc(I)cn2)c1. The fourth-order valence-electron chi connectivity index (χ4n) is 1.87. The summed E-state index contributed by atoms with van der Waals surface area (Å²) in [5.74, 6) is 0.899. The van der Waals surface area contributed by atoms with Gasteiger partial charge in [-0.05, 0) is 59.7 Å². The summed E-state index contributed by atoms with van der Waals surface area (Å²) in [7, 11) is 0. The van der Waals surface area contributed by atoms with Crippen molar-refractivity contribution >= 4 is 22.6 Å². The van der Waals surface area contributed by atoms with Gasteiger partial charge >= 0.3 is 0 Å². The molecule has 0 aliphatic rings. The number of hydrogen-bond acceptors (Lipinski definition) is 3. The Morgan fingerprint density at radius 2 is 2.16 bits per heavy atom. The molecule has 2 aromatic rings. The summed E-state index contributed by atoms with van der Waals surface area (Å²) in [6, 6.07) is 4.27.